The van der Waals surface area contributed by atoms with Gasteiger partial charge >= 0.3 is 11.4 Å². The first kappa shape index (κ1) is 10.1. The minimum absolute atomic E-state index is 0.0565. The van der Waals surface area contributed by atoms with E-state index in [4.69, 9.17) is 4.55 Å². The molecule has 0 spiro atoms. The third-order valence-corrected chi connectivity index (χ3v) is 2.97. The Morgan fingerprint density at radius 1 is 1.67 bits per heavy atom. The van der Waals surface area contributed by atoms with Gasteiger partial charge in [0, 0.05) is 0 Å². The highest BCUT2D eigenvalue weighted by atomic mass is 32.2. The molecule has 2 unspecified atom stereocenters. The lowest BCUT2D eigenvalue weighted by atomic mass is 10.3. The molecule has 1 N–H and O–H groups in total. The van der Waals surface area contributed by atoms with Gasteiger partial charge in [0.05, 0.1) is 12.4 Å². The van der Waals surface area contributed by atoms with Crippen molar-refractivity contribution >= 4 is 21.5 Å². The van der Waals surface area contributed by atoms with E-state index in [-0.39, 0.29) is 12.4 Å². The molecule has 0 aliphatic carbocycles. The molecule has 0 radical (unpaired) electrons. The minimum Gasteiger partial charge on any atom is -0.284 e. The molecule has 12 heavy (non-hydrogen) atoms. The number of rotatable bonds is 3. The summed E-state index contributed by atoms with van der Waals surface area (Å²) < 4.78 is 48.3. The molecule has 72 valence electrons. The molecule has 0 amide bonds. The highest BCUT2D eigenvalue weighted by molar-refractivity contribution is 7.86. The summed E-state index contributed by atoms with van der Waals surface area (Å²) in [6.07, 6.45) is -0.314. The molecule has 0 aromatic heterocycles. The van der Waals surface area contributed by atoms with Crippen molar-refractivity contribution in [2.45, 2.75) is 12.5 Å². The van der Waals surface area contributed by atoms with E-state index in [1.165, 1.54) is 0 Å². The van der Waals surface area contributed by atoms with Crippen LogP contribution in [-0.4, -0.2) is 35.6 Å². The van der Waals surface area contributed by atoms with Crippen molar-refractivity contribution in [3.05, 3.63) is 0 Å². The third kappa shape index (κ3) is 3.15. The van der Waals surface area contributed by atoms with Crippen LogP contribution in [0.1, 0.15) is 6.42 Å². The van der Waals surface area contributed by atoms with Crippen molar-refractivity contribution in [2.75, 3.05) is 12.4 Å². The monoisotopic (exact) mass is 216 g/mol. The first-order valence-corrected chi connectivity index (χ1v) is 5.75. The van der Waals surface area contributed by atoms with E-state index in [1.807, 2.05) is 0 Å². The molecule has 1 fully saturated rings. The van der Waals surface area contributed by atoms with Gasteiger partial charge in [-0.25, -0.2) is 0 Å². The summed E-state index contributed by atoms with van der Waals surface area (Å²) >= 11 is -2.36. The third-order valence-electron chi connectivity index (χ3n) is 1.33. The Hall–Kier alpha value is -0.0200. The lowest BCUT2D eigenvalue weighted by molar-refractivity contribution is 0.152. The maximum Gasteiger partial charge on any atom is 0.301 e. The molecule has 2 atom stereocenters. The molecule has 0 aromatic carbocycles. The normalized spacial score (nSPS) is 30.2. The summed E-state index contributed by atoms with van der Waals surface area (Å²) in [5.74, 6) is -0.0565. The summed E-state index contributed by atoms with van der Waals surface area (Å²) in [4.78, 5) is 0. The summed E-state index contributed by atoms with van der Waals surface area (Å²) in [5.41, 5.74) is 0. The average Bonchev–Trinajstić information content (AvgIpc) is 2.26. The van der Waals surface area contributed by atoms with Gasteiger partial charge in [-0.15, -0.1) is 0 Å². The Kier molecular flexibility index (Phi) is 3.18. The van der Waals surface area contributed by atoms with Gasteiger partial charge < -0.3 is 0 Å². The summed E-state index contributed by atoms with van der Waals surface area (Å²) in [7, 11) is -3.40. The Bertz CT molecular complexity index is 269. The van der Waals surface area contributed by atoms with Gasteiger partial charge in [0.2, 0.25) is 0 Å². The maximum absolute atomic E-state index is 10.7. The largest absolute Gasteiger partial charge is 0.301 e. The highest BCUT2D eigenvalue weighted by Crippen LogP contribution is 2.15. The van der Waals surface area contributed by atoms with Gasteiger partial charge in [0.15, 0.2) is 0 Å². The first-order chi connectivity index (χ1) is 5.49. The number of hydrogen-bond acceptors (Lipinski definition) is 5. The van der Waals surface area contributed by atoms with Gasteiger partial charge in [0.1, 0.15) is 6.10 Å². The van der Waals surface area contributed by atoms with Crippen LogP contribution in [0.4, 0.5) is 0 Å². The molecule has 1 aliphatic rings. The van der Waals surface area contributed by atoms with Gasteiger partial charge in [-0.2, -0.15) is 12.6 Å². The molecule has 1 heterocycles. The van der Waals surface area contributed by atoms with Crippen LogP contribution in [-0.2, 0) is 29.8 Å². The predicted octanol–water partition coefficient (Wildman–Crippen LogP) is -0.742. The molecule has 6 nitrogen and oxygen atoms in total. The lowest BCUT2D eigenvalue weighted by Gasteiger charge is -2.04. The number of hydrogen-bond donors (Lipinski definition) is 1. The second kappa shape index (κ2) is 3.79. The summed E-state index contributed by atoms with van der Waals surface area (Å²) in [6, 6.07) is 0. The molecule has 1 saturated heterocycles. The van der Waals surface area contributed by atoms with Gasteiger partial charge in [-0.1, -0.05) is 0 Å². The first-order valence-electron chi connectivity index (χ1n) is 3.15. The quantitative estimate of drug-likeness (QED) is 0.493. The van der Waals surface area contributed by atoms with E-state index in [0.717, 1.165) is 0 Å². The molecular formula is C4H8O6S2. The Morgan fingerprint density at radius 3 is 2.75 bits per heavy atom. The van der Waals surface area contributed by atoms with E-state index < -0.39 is 27.6 Å². The van der Waals surface area contributed by atoms with E-state index >= 15 is 0 Å². The van der Waals surface area contributed by atoms with Crippen molar-refractivity contribution in [3.63, 3.8) is 0 Å². The van der Waals surface area contributed by atoms with E-state index in [0.29, 0.717) is 6.42 Å². The van der Waals surface area contributed by atoms with Gasteiger partial charge in [-0.3, -0.25) is 12.9 Å². The van der Waals surface area contributed by atoms with Gasteiger partial charge in [-0.05, 0) is 6.42 Å². The Morgan fingerprint density at radius 2 is 2.33 bits per heavy atom. The molecule has 0 aromatic rings. The van der Waals surface area contributed by atoms with Crippen molar-refractivity contribution < 1.29 is 25.5 Å². The van der Waals surface area contributed by atoms with Crippen LogP contribution in [0.2, 0.25) is 0 Å². The molecule has 8 heteroatoms. The standard InChI is InChI=1S/C4H8O6S2/c5-11(6)9-3-4-1-2-12(7,8)10-4/h4H,1-3H2,(H,5,6). The average molecular weight is 216 g/mol. The zero-order valence-electron chi connectivity index (χ0n) is 6.00. The zero-order chi connectivity index (χ0) is 9.19. The van der Waals surface area contributed by atoms with Crippen molar-refractivity contribution in [1.82, 2.24) is 0 Å². The van der Waals surface area contributed by atoms with Crippen molar-refractivity contribution in [1.29, 1.82) is 0 Å². The summed E-state index contributed by atoms with van der Waals surface area (Å²) in [6.45, 7) is -0.178. The molecule has 1 rings (SSSR count). The molecule has 1 aliphatic heterocycles. The molecule has 0 saturated carbocycles. The fourth-order valence-corrected chi connectivity index (χ4v) is 2.31. The van der Waals surface area contributed by atoms with Crippen LogP contribution in [0.3, 0.4) is 0 Å². The fraction of sp³-hybridized carbons (Fsp3) is 1.00. The van der Waals surface area contributed by atoms with Crippen LogP contribution in [0.25, 0.3) is 0 Å². The van der Waals surface area contributed by atoms with Crippen LogP contribution in [0.5, 0.6) is 0 Å². The zero-order valence-corrected chi connectivity index (χ0v) is 7.64. The highest BCUT2D eigenvalue weighted by Gasteiger charge is 2.29. The van der Waals surface area contributed by atoms with Crippen molar-refractivity contribution in [3.8, 4) is 0 Å². The Labute approximate surface area is 72.5 Å². The maximum atomic E-state index is 10.7. The molecular weight excluding hydrogens is 208 g/mol. The SMILES string of the molecule is O=S(O)OCC1CCS(=O)(=O)O1. The summed E-state index contributed by atoms with van der Waals surface area (Å²) in [5, 5.41) is 0. The van der Waals surface area contributed by atoms with E-state index in [9.17, 15) is 12.6 Å². The fourth-order valence-electron chi connectivity index (χ4n) is 0.825. The van der Waals surface area contributed by atoms with Crippen molar-refractivity contribution in [2.24, 2.45) is 0 Å². The van der Waals surface area contributed by atoms with Crippen LogP contribution in [0.15, 0.2) is 0 Å². The smallest absolute Gasteiger partial charge is 0.284 e. The minimum atomic E-state index is -3.40. The van der Waals surface area contributed by atoms with E-state index in [1.54, 1.807) is 0 Å². The molecule has 0 bridgehead atoms. The van der Waals surface area contributed by atoms with Gasteiger partial charge in [0.25, 0.3) is 10.1 Å². The van der Waals surface area contributed by atoms with E-state index in [2.05, 4.69) is 8.37 Å². The Balaban J connectivity index is 2.34. The van der Waals surface area contributed by atoms with Crippen LogP contribution < -0.4 is 0 Å². The van der Waals surface area contributed by atoms with Crippen LogP contribution >= 0.6 is 0 Å². The predicted molar refractivity (Wildman–Crippen MR) is 40.0 cm³/mol. The second-order valence-corrected chi connectivity index (χ2v) is 4.66. The lowest BCUT2D eigenvalue weighted by Crippen LogP contribution is -2.15. The second-order valence-electron chi connectivity index (χ2n) is 2.27. The van der Waals surface area contributed by atoms with Crippen LogP contribution in [0, 0.1) is 0 Å². The topological polar surface area (TPSA) is 89.9 Å².